The molecule has 0 radical (unpaired) electrons. The third-order valence-corrected chi connectivity index (χ3v) is 23.3. The lowest BCUT2D eigenvalue weighted by Crippen LogP contribution is -2.48. The summed E-state index contributed by atoms with van der Waals surface area (Å²) in [6, 6.07) is 1.27. The van der Waals surface area contributed by atoms with E-state index in [9.17, 15) is 0 Å². The van der Waals surface area contributed by atoms with Gasteiger partial charge in [0.25, 0.3) is 0 Å². The van der Waals surface area contributed by atoms with Gasteiger partial charge in [0.15, 0.2) is 0 Å². The van der Waals surface area contributed by atoms with Gasteiger partial charge in [-0.1, -0.05) is 32.5 Å². The van der Waals surface area contributed by atoms with Gasteiger partial charge in [-0.05, 0) is 6.55 Å². The first-order valence-corrected chi connectivity index (χ1v) is 12.4. The minimum Gasteiger partial charge on any atom is -0.150 e. The largest absolute Gasteiger partial charge is 0.235 e. The van der Waals surface area contributed by atoms with Crippen molar-refractivity contribution in [1.29, 1.82) is 0 Å². The van der Waals surface area contributed by atoms with Crippen LogP contribution in [0.1, 0.15) is 13.3 Å². The number of halogens is 2. The molecular formula is C6H16Cl2Si2. The maximum Gasteiger partial charge on any atom is 0.235 e. The maximum absolute atomic E-state index is 6.17. The summed E-state index contributed by atoms with van der Waals surface area (Å²) in [6.07, 6.45) is -0.599. The first-order chi connectivity index (χ1) is 4.31. The highest BCUT2D eigenvalue weighted by Gasteiger charge is 2.41. The highest BCUT2D eigenvalue weighted by atomic mass is 35.7. The molecule has 0 N–H and O–H groups in total. The second kappa shape index (κ2) is 3.61. The van der Waals surface area contributed by atoms with Gasteiger partial charge in [-0.2, -0.15) is 22.2 Å². The van der Waals surface area contributed by atoms with Crippen LogP contribution in [0.5, 0.6) is 0 Å². The minimum atomic E-state index is -1.82. The zero-order valence-corrected chi connectivity index (χ0v) is 10.7. The average molecular weight is 215 g/mol. The van der Waals surface area contributed by atoms with Crippen molar-refractivity contribution in [2.24, 2.45) is 0 Å². The molecule has 0 atom stereocenters. The summed E-state index contributed by atoms with van der Waals surface area (Å²) in [5.41, 5.74) is 0. The van der Waals surface area contributed by atoms with Crippen molar-refractivity contribution in [3.8, 4) is 0 Å². The Morgan fingerprint density at radius 1 is 1.10 bits per heavy atom. The van der Waals surface area contributed by atoms with Crippen molar-refractivity contribution in [3.05, 3.63) is 0 Å². The van der Waals surface area contributed by atoms with Crippen molar-refractivity contribution in [2.75, 3.05) is 0 Å². The van der Waals surface area contributed by atoms with Crippen LogP contribution in [-0.2, 0) is 0 Å². The fourth-order valence-corrected chi connectivity index (χ4v) is 6.30. The SMILES string of the molecule is CCC[Si](C)(C)[Si](C)(Cl)Cl. The van der Waals surface area contributed by atoms with E-state index in [-0.39, 0.29) is 0 Å². The molecule has 0 amide bonds. The Morgan fingerprint density at radius 2 is 1.50 bits per heavy atom. The Balaban J connectivity index is 4.10. The molecular weight excluding hydrogens is 199 g/mol. The van der Waals surface area contributed by atoms with Crippen LogP contribution in [0, 0.1) is 0 Å². The Labute approximate surface area is 75.1 Å². The fourth-order valence-electron chi connectivity index (χ4n) is 0.844. The van der Waals surface area contributed by atoms with Gasteiger partial charge in [-0.25, -0.2) is 0 Å². The lowest BCUT2D eigenvalue weighted by molar-refractivity contribution is 1.06. The second-order valence-corrected chi connectivity index (χ2v) is 23.6. The molecule has 10 heavy (non-hydrogen) atoms. The van der Waals surface area contributed by atoms with Crippen LogP contribution in [0.25, 0.3) is 0 Å². The Bertz CT molecular complexity index is 107. The predicted octanol–water partition coefficient (Wildman–Crippen LogP) is 3.73. The molecule has 0 aromatic carbocycles. The lowest BCUT2D eigenvalue weighted by atomic mass is 10.6. The van der Waals surface area contributed by atoms with E-state index in [1.165, 1.54) is 12.5 Å². The average Bonchev–Trinajstić information content (AvgIpc) is 1.61. The highest BCUT2D eigenvalue weighted by molar-refractivity contribution is 7.74. The first kappa shape index (κ1) is 11.0. The third kappa shape index (κ3) is 2.95. The van der Waals surface area contributed by atoms with Crippen LogP contribution >= 0.6 is 22.2 Å². The number of hydrogen-bond donors (Lipinski definition) is 0. The molecule has 0 saturated heterocycles. The Kier molecular flexibility index (Phi) is 3.98. The number of rotatable bonds is 3. The van der Waals surface area contributed by atoms with E-state index >= 15 is 0 Å². The van der Waals surface area contributed by atoms with Crippen LogP contribution in [0.2, 0.25) is 25.7 Å². The summed E-state index contributed by atoms with van der Waals surface area (Å²) in [5.74, 6) is 0. The summed E-state index contributed by atoms with van der Waals surface area (Å²) in [7, 11) is -1.24. The van der Waals surface area contributed by atoms with Gasteiger partial charge in [0.1, 0.15) is 0 Å². The van der Waals surface area contributed by atoms with E-state index in [1.54, 1.807) is 0 Å². The summed E-state index contributed by atoms with van der Waals surface area (Å²) in [4.78, 5) is 0. The van der Waals surface area contributed by atoms with Gasteiger partial charge in [-0.3, -0.25) is 0 Å². The van der Waals surface area contributed by atoms with E-state index in [1.807, 2.05) is 0 Å². The highest BCUT2D eigenvalue weighted by Crippen LogP contribution is 2.30. The van der Waals surface area contributed by atoms with Gasteiger partial charge >= 0.3 is 0 Å². The molecule has 0 aliphatic carbocycles. The second-order valence-electron chi connectivity index (χ2n) is 3.52. The molecule has 0 fully saturated rings. The van der Waals surface area contributed by atoms with E-state index in [4.69, 9.17) is 22.2 Å². The lowest BCUT2D eigenvalue weighted by Gasteiger charge is -2.29. The molecule has 4 heteroatoms. The van der Waals surface area contributed by atoms with Crippen molar-refractivity contribution in [1.82, 2.24) is 0 Å². The summed E-state index contributed by atoms with van der Waals surface area (Å²) < 4.78 is 0. The molecule has 0 heterocycles. The van der Waals surface area contributed by atoms with Crippen molar-refractivity contribution < 1.29 is 0 Å². The normalized spacial score (nSPS) is 13.8. The van der Waals surface area contributed by atoms with Gasteiger partial charge in [0, 0.05) is 0 Å². The topological polar surface area (TPSA) is 0 Å². The predicted molar refractivity (Wildman–Crippen MR) is 55.9 cm³/mol. The van der Waals surface area contributed by atoms with E-state index < -0.39 is 13.8 Å². The monoisotopic (exact) mass is 214 g/mol. The van der Waals surface area contributed by atoms with Crippen molar-refractivity contribution in [3.63, 3.8) is 0 Å². The maximum atomic E-state index is 6.17. The molecule has 0 spiro atoms. The van der Waals surface area contributed by atoms with Crippen LogP contribution in [0.4, 0.5) is 0 Å². The molecule has 0 bridgehead atoms. The van der Waals surface area contributed by atoms with Crippen molar-refractivity contribution in [2.45, 2.75) is 39.0 Å². The van der Waals surface area contributed by atoms with Gasteiger partial charge < -0.3 is 0 Å². The zero-order valence-electron chi connectivity index (χ0n) is 7.17. The molecule has 0 aliphatic heterocycles. The third-order valence-electron chi connectivity index (χ3n) is 2.06. The van der Waals surface area contributed by atoms with Gasteiger partial charge in [0.05, 0.1) is 7.59 Å². The van der Waals surface area contributed by atoms with E-state index in [0.29, 0.717) is 0 Å². The van der Waals surface area contributed by atoms with Crippen LogP contribution in [-0.4, -0.2) is 13.8 Å². The Morgan fingerprint density at radius 3 is 1.60 bits per heavy atom. The smallest absolute Gasteiger partial charge is 0.150 e. The molecule has 0 aromatic heterocycles. The minimum absolute atomic E-state index is 1.22. The molecule has 0 nitrogen and oxygen atoms in total. The van der Waals surface area contributed by atoms with E-state index in [2.05, 4.69) is 26.6 Å². The van der Waals surface area contributed by atoms with Crippen LogP contribution in [0.15, 0.2) is 0 Å². The number of hydrogen-bond acceptors (Lipinski definition) is 0. The van der Waals surface area contributed by atoms with Crippen LogP contribution in [0.3, 0.4) is 0 Å². The van der Waals surface area contributed by atoms with Crippen molar-refractivity contribution >= 4 is 36.0 Å². The van der Waals surface area contributed by atoms with Gasteiger partial charge in [0.2, 0.25) is 6.21 Å². The molecule has 0 unspecified atom stereocenters. The zero-order chi connectivity index (χ0) is 8.41. The van der Waals surface area contributed by atoms with Crippen LogP contribution < -0.4 is 0 Å². The van der Waals surface area contributed by atoms with E-state index in [0.717, 1.165) is 0 Å². The quantitative estimate of drug-likeness (QED) is 0.497. The molecule has 0 rings (SSSR count). The standard InChI is InChI=1S/C6H16Cl2Si2/c1-5-6-9(2,3)10(4,7)8/h5-6H2,1-4H3. The molecule has 0 aromatic rings. The molecule has 62 valence electrons. The molecule has 0 aliphatic rings. The summed E-state index contributed by atoms with van der Waals surface area (Å²) in [6.45, 7) is 8.84. The fraction of sp³-hybridized carbons (Fsp3) is 1.00. The Hall–Kier alpha value is 1.01. The summed E-state index contributed by atoms with van der Waals surface area (Å²) >= 11 is 12.3. The molecule has 0 saturated carbocycles. The van der Waals surface area contributed by atoms with Gasteiger partial charge in [-0.15, -0.1) is 0 Å². The first-order valence-electron chi connectivity index (χ1n) is 3.69. The summed E-state index contributed by atoms with van der Waals surface area (Å²) in [5, 5.41) is 0.